The summed E-state index contributed by atoms with van der Waals surface area (Å²) in [7, 11) is 4.44. The zero-order valence-corrected chi connectivity index (χ0v) is 24.2. The number of hydrogen-bond donors (Lipinski definition) is 2. The topological polar surface area (TPSA) is 38.3 Å². The predicted octanol–water partition coefficient (Wildman–Crippen LogP) is 3.35. The molecule has 4 aromatic carbocycles. The smallest absolute Gasteiger partial charge is 0.361 e. The first-order chi connectivity index (χ1) is 21.1. The van der Waals surface area contributed by atoms with Crippen molar-refractivity contribution in [3.63, 3.8) is 0 Å². The molecule has 2 spiro atoms. The minimum absolute atomic E-state index is 0.206. The third-order valence-corrected chi connectivity index (χ3v) is 11.9. The number of rotatable bonds is 0. The lowest BCUT2D eigenvalue weighted by molar-refractivity contribution is -0.886. The van der Waals surface area contributed by atoms with E-state index in [2.05, 4.69) is 123 Å². The molecular formula is C37H30N6+2. The monoisotopic (exact) mass is 558 g/mol. The fourth-order valence-electron chi connectivity index (χ4n) is 10.5. The number of aromatic nitrogens is 2. The second-order valence-corrected chi connectivity index (χ2v) is 13.6. The van der Waals surface area contributed by atoms with Crippen LogP contribution in [0, 0.1) is 0 Å². The molecule has 3 aliphatic carbocycles. The van der Waals surface area contributed by atoms with Crippen LogP contribution >= 0.6 is 0 Å². The van der Waals surface area contributed by atoms with E-state index in [1.54, 1.807) is 0 Å². The molecule has 4 aliphatic heterocycles. The van der Waals surface area contributed by atoms with Crippen molar-refractivity contribution < 1.29 is 9.13 Å². The average molecular weight is 559 g/mol. The van der Waals surface area contributed by atoms with Crippen LogP contribution in [0.15, 0.2) is 79.1 Å². The van der Waals surface area contributed by atoms with Crippen molar-refractivity contribution in [1.82, 2.24) is 10.6 Å². The highest BCUT2D eigenvalue weighted by Crippen LogP contribution is 2.62. The lowest BCUT2D eigenvalue weighted by Crippen LogP contribution is -2.82. The van der Waals surface area contributed by atoms with E-state index in [-0.39, 0.29) is 5.92 Å². The first-order valence-electron chi connectivity index (χ1n) is 15.6. The molecule has 0 bridgehead atoms. The highest BCUT2D eigenvalue weighted by Gasteiger charge is 2.70. The van der Waals surface area contributed by atoms with Gasteiger partial charge in [-0.05, 0) is 69.5 Å². The molecule has 1 aromatic heterocycles. The van der Waals surface area contributed by atoms with Gasteiger partial charge in [0.25, 0.3) is 11.3 Å². The molecule has 5 aromatic rings. The number of nitrogens with one attached hydrogen (secondary N) is 2. The van der Waals surface area contributed by atoms with Gasteiger partial charge in [0.2, 0.25) is 0 Å². The van der Waals surface area contributed by atoms with Gasteiger partial charge in [-0.1, -0.05) is 48.5 Å². The maximum Gasteiger partial charge on any atom is 0.434 e. The zero-order valence-electron chi connectivity index (χ0n) is 24.2. The van der Waals surface area contributed by atoms with Gasteiger partial charge >= 0.3 is 5.82 Å². The van der Waals surface area contributed by atoms with Gasteiger partial charge in [0, 0.05) is 25.5 Å². The zero-order chi connectivity index (χ0) is 28.0. The van der Waals surface area contributed by atoms with Gasteiger partial charge in [0.1, 0.15) is 0 Å². The average Bonchev–Trinajstić information content (AvgIpc) is 3.38. The second-order valence-electron chi connectivity index (χ2n) is 13.6. The molecule has 5 heterocycles. The van der Waals surface area contributed by atoms with E-state index in [4.69, 9.17) is 0 Å². The van der Waals surface area contributed by atoms with E-state index in [9.17, 15) is 0 Å². The molecule has 0 saturated carbocycles. The Bertz CT molecular complexity index is 2070. The van der Waals surface area contributed by atoms with E-state index in [1.165, 1.54) is 84.0 Å². The summed E-state index contributed by atoms with van der Waals surface area (Å²) >= 11 is 0. The van der Waals surface area contributed by atoms with Crippen LogP contribution in [0.5, 0.6) is 0 Å². The first-order valence-corrected chi connectivity index (χ1v) is 15.6. The quantitative estimate of drug-likeness (QED) is 0.281. The van der Waals surface area contributed by atoms with Crippen LogP contribution in [0.1, 0.15) is 67.4 Å². The molecule has 43 heavy (non-hydrogen) atoms. The predicted molar refractivity (Wildman–Crippen MR) is 163 cm³/mol. The molecule has 12 rings (SSSR count). The van der Waals surface area contributed by atoms with Gasteiger partial charge in [-0.3, -0.25) is 0 Å². The normalized spacial score (nSPS) is 26.1. The van der Waals surface area contributed by atoms with Gasteiger partial charge < -0.3 is 9.80 Å². The molecule has 0 saturated heterocycles. The van der Waals surface area contributed by atoms with Crippen molar-refractivity contribution in [3.8, 4) is 11.1 Å². The third kappa shape index (κ3) is 2.06. The summed E-state index contributed by atoms with van der Waals surface area (Å²) in [6, 6.07) is 25.9. The Balaban J connectivity index is 1.32. The Morgan fingerprint density at radius 2 is 1.09 bits per heavy atom. The Morgan fingerprint density at radius 1 is 0.605 bits per heavy atom. The van der Waals surface area contributed by atoms with Crippen molar-refractivity contribution in [2.45, 2.75) is 30.1 Å². The third-order valence-electron chi connectivity index (χ3n) is 11.9. The summed E-state index contributed by atoms with van der Waals surface area (Å²) in [5.74, 6) is 1.58. The summed E-state index contributed by atoms with van der Waals surface area (Å²) < 4.78 is 5.30. The minimum Gasteiger partial charge on any atom is -0.361 e. The minimum atomic E-state index is -0.465. The number of hydrogen-bond acceptors (Lipinski definition) is 4. The molecule has 6 heteroatoms. The first kappa shape index (κ1) is 22.1. The molecule has 2 N–H and O–H groups in total. The summed E-state index contributed by atoms with van der Waals surface area (Å²) in [6.45, 7) is 1.57. The molecule has 0 radical (unpaired) electrons. The molecule has 0 fully saturated rings. The second kappa shape index (κ2) is 6.67. The molecule has 2 unspecified atom stereocenters. The number of anilines is 2. The van der Waals surface area contributed by atoms with Gasteiger partial charge in [0.15, 0.2) is 18.3 Å². The molecule has 206 valence electrons. The maximum atomic E-state index is 4.17. The fraction of sp³-hybridized carbons (Fsp3) is 0.243. The van der Waals surface area contributed by atoms with Gasteiger partial charge in [0.05, 0.1) is 41.7 Å². The van der Waals surface area contributed by atoms with E-state index >= 15 is 0 Å². The Hall–Kier alpha value is -4.52. The number of fused-ring (bicyclic) bond motifs is 1. The molecule has 7 aliphatic rings. The van der Waals surface area contributed by atoms with Gasteiger partial charge in [-0.25, -0.2) is 10.6 Å². The van der Waals surface area contributed by atoms with E-state index in [0.717, 1.165) is 26.2 Å². The summed E-state index contributed by atoms with van der Waals surface area (Å²) in [6.07, 6.45) is 6.68. The maximum absolute atomic E-state index is 4.17. The highest BCUT2D eigenvalue weighted by molar-refractivity contribution is 5.87. The summed E-state index contributed by atoms with van der Waals surface area (Å²) in [5, 5.41) is 8.34. The van der Waals surface area contributed by atoms with Crippen molar-refractivity contribution in [2.24, 2.45) is 0 Å². The van der Waals surface area contributed by atoms with Crippen molar-refractivity contribution in [2.75, 3.05) is 37.2 Å². The SMILES string of the molecule is CN1CNC23c4c(cccc41)Cc1ccc4c(c12)C1c2c-4ccc4c2C2(NCN(C)c5cccc(c52)C4)[n+]2ccc[n+]3c21. The Kier molecular flexibility index (Phi) is 3.42. The van der Waals surface area contributed by atoms with Crippen LogP contribution in [0.3, 0.4) is 0 Å². The molecule has 0 amide bonds. The Labute approximate surface area is 249 Å². The molecule has 6 nitrogen and oxygen atoms in total. The van der Waals surface area contributed by atoms with Crippen LogP contribution in [-0.2, 0) is 24.2 Å². The summed E-state index contributed by atoms with van der Waals surface area (Å²) in [4.78, 5) is 4.76. The van der Waals surface area contributed by atoms with Crippen LogP contribution in [-0.4, -0.2) is 27.4 Å². The molecular weight excluding hydrogens is 528 g/mol. The number of benzene rings is 4. The van der Waals surface area contributed by atoms with Crippen molar-refractivity contribution >= 4 is 11.4 Å². The molecule has 2 atom stereocenters. The summed E-state index contributed by atoms with van der Waals surface area (Å²) in [5.41, 5.74) is 19.2. The lowest BCUT2D eigenvalue weighted by Gasteiger charge is -2.49. The van der Waals surface area contributed by atoms with Crippen LogP contribution in [0.4, 0.5) is 11.4 Å². The number of nitrogens with zero attached hydrogens (tertiary/aromatic N) is 4. The largest absolute Gasteiger partial charge is 0.434 e. The van der Waals surface area contributed by atoms with Crippen LogP contribution in [0.25, 0.3) is 11.1 Å². The van der Waals surface area contributed by atoms with E-state index < -0.39 is 11.3 Å². The lowest BCUT2D eigenvalue weighted by atomic mass is 9.66. The highest BCUT2D eigenvalue weighted by atomic mass is 15.4. The van der Waals surface area contributed by atoms with Crippen LogP contribution in [0.2, 0.25) is 0 Å². The van der Waals surface area contributed by atoms with Gasteiger partial charge in [-0.2, -0.15) is 0 Å². The van der Waals surface area contributed by atoms with Gasteiger partial charge in [-0.15, -0.1) is 9.13 Å². The van der Waals surface area contributed by atoms with E-state index in [1.807, 2.05) is 0 Å². The van der Waals surface area contributed by atoms with Crippen molar-refractivity contribution in [1.29, 1.82) is 0 Å². The standard InChI is InChI=1S/C37H30N6/c1-40-18-38-36-31-20(6-3-8-26(31)40)16-22-10-12-24-25-13-11-23-17-21-7-4-9-27-32(21)37(39-19-41(27)2)34(23)29(25)30(28(24)33(22)36)35-42(36)14-5-15-43(35)37/h3-15,30,38-39H,16-19H2,1-2H3/q+2. The Morgan fingerprint density at radius 3 is 1.60 bits per heavy atom. The van der Waals surface area contributed by atoms with Crippen molar-refractivity contribution in [3.05, 3.63) is 141 Å². The van der Waals surface area contributed by atoms with E-state index in [0.29, 0.717) is 0 Å². The van der Waals surface area contributed by atoms with Crippen LogP contribution < -0.4 is 29.6 Å². The fourth-order valence-corrected chi connectivity index (χ4v) is 10.5.